The molecule has 0 N–H and O–H groups in total. The predicted molar refractivity (Wildman–Crippen MR) is 105 cm³/mol. The van der Waals surface area contributed by atoms with E-state index in [0.29, 0.717) is 17.2 Å². The summed E-state index contributed by atoms with van der Waals surface area (Å²) in [5, 5.41) is 4.42. The zero-order valence-electron chi connectivity index (χ0n) is 15.7. The van der Waals surface area contributed by atoms with Crippen molar-refractivity contribution in [3.05, 3.63) is 34.5 Å². The lowest BCUT2D eigenvalue weighted by molar-refractivity contribution is -0.138. The molecule has 4 rings (SSSR count). The van der Waals surface area contributed by atoms with E-state index in [1.54, 1.807) is 11.3 Å². The van der Waals surface area contributed by atoms with Crippen LogP contribution in [0.3, 0.4) is 0 Å². The number of carbonyl (C=O) groups excluding carboxylic acids is 1. The highest BCUT2D eigenvalue weighted by Crippen LogP contribution is 2.45. The second-order valence-corrected chi connectivity index (χ2v) is 9.06. The van der Waals surface area contributed by atoms with Crippen LogP contribution in [0.2, 0.25) is 0 Å². The fourth-order valence-corrected chi connectivity index (χ4v) is 5.81. The van der Waals surface area contributed by atoms with E-state index in [2.05, 4.69) is 38.8 Å². The van der Waals surface area contributed by atoms with Gasteiger partial charge in [-0.15, -0.1) is 0 Å². The second kappa shape index (κ2) is 7.83. The van der Waals surface area contributed by atoms with Crippen LogP contribution >= 0.6 is 11.3 Å². The highest BCUT2D eigenvalue weighted by atomic mass is 32.1. The van der Waals surface area contributed by atoms with Gasteiger partial charge >= 0.3 is 0 Å². The molecule has 1 aromatic heterocycles. The lowest BCUT2D eigenvalue weighted by Gasteiger charge is -2.43. The van der Waals surface area contributed by atoms with Gasteiger partial charge < -0.3 is 9.64 Å². The Morgan fingerprint density at radius 3 is 2.73 bits per heavy atom. The lowest BCUT2D eigenvalue weighted by atomic mass is 9.71. The zero-order valence-corrected chi connectivity index (χ0v) is 16.5. The Bertz CT molecular complexity index is 626. The van der Waals surface area contributed by atoms with Gasteiger partial charge in [0.15, 0.2) is 0 Å². The fourth-order valence-electron chi connectivity index (χ4n) is 5.15. The van der Waals surface area contributed by atoms with Crippen molar-refractivity contribution >= 4 is 17.2 Å². The number of hydrogen-bond donors (Lipinski definition) is 0. The average Bonchev–Trinajstić information content (AvgIpc) is 3.39. The molecular formula is C21H30N2O2S. The number of carbonyl (C=O) groups is 1. The number of hydrogen-bond acceptors (Lipinski definition) is 4. The molecule has 2 fully saturated rings. The number of amides is 1. The maximum atomic E-state index is 12.7. The summed E-state index contributed by atoms with van der Waals surface area (Å²) in [6.07, 6.45) is 8.41. The van der Waals surface area contributed by atoms with Crippen molar-refractivity contribution in [2.24, 2.45) is 17.3 Å². The van der Waals surface area contributed by atoms with E-state index in [0.717, 1.165) is 65.0 Å². The van der Waals surface area contributed by atoms with Crippen LogP contribution in [-0.2, 0) is 16.1 Å². The van der Waals surface area contributed by atoms with Crippen molar-refractivity contribution in [3.63, 3.8) is 0 Å². The van der Waals surface area contributed by atoms with Crippen LogP contribution < -0.4 is 0 Å². The zero-order chi connectivity index (χ0) is 18.0. The minimum atomic E-state index is 0.206. The molecule has 1 unspecified atom stereocenters. The van der Waals surface area contributed by atoms with Gasteiger partial charge in [-0.05, 0) is 53.5 Å². The fraction of sp³-hybridized carbons (Fsp3) is 0.667. The normalized spacial score (nSPS) is 26.2. The van der Waals surface area contributed by atoms with Crippen molar-refractivity contribution in [3.8, 4) is 0 Å². The number of likely N-dealkylation sites (tertiary alicyclic amines) is 2. The monoisotopic (exact) mass is 374 g/mol. The minimum absolute atomic E-state index is 0.206. The van der Waals surface area contributed by atoms with Gasteiger partial charge in [-0.1, -0.05) is 12.2 Å². The first-order valence-electron chi connectivity index (χ1n) is 9.86. The topological polar surface area (TPSA) is 32.8 Å². The molecule has 1 amide bonds. The van der Waals surface area contributed by atoms with Gasteiger partial charge in [0.2, 0.25) is 5.91 Å². The summed E-state index contributed by atoms with van der Waals surface area (Å²) in [4.78, 5) is 17.5. The quantitative estimate of drug-likeness (QED) is 0.741. The Morgan fingerprint density at radius 2 is 2.08 bits per heavy atom. The molecule has 0 bridgehead atoms. The summed E-state index contributed by atoms with van der Waals surface area (Å²) in [6, 6.07) is 2.23. The van der Waals surface area contributed by atoms with Crippen molar-refractivity contribution in [1.29, 1.82) is 0 Å². The van der Waals surface area contributed by atoms with Crippen LogP contribution in [-0.4, -0.2) is 55.6 Å². The highest BCUT2D eigenvalue weighted by Gasteiger charge is 2.48. The third-order valence-electron chi connectivity index (χ3n) is 6.67. The van der Waals surface area contributed by atoms with Gasteiger partial charge in [-0.3, -0.25) is 9.69 Å². The van der Waals surface area contributed by atoms with Crippen LogP contribution in [0.1, 0.15) is 31.2 Å². The molecule has 1 atom stereocenters. The van der Waals surface area contributed by atoms with Gasteiger partial charge in [0.1, 0.15) is 0 Å². The third-order valence-corrected chi connectivity index (χ3v) is 7.40. The first kappa shape index (κ1) is 18.2. The molecule has 2 aliphatic heterocycles. The summed E-state index contributed by atoms with van der Waals surface area (Å²) in [5.74, 6) is 1.16. The summed E-state index contributed by atoms with van der Waals surface area (Å²) >= 11 is 1.78. The van der Waals surface area contributed by atoms with Crippen molar-refractivity contribution in [2.75, 3.05) is 39.9 Å². The van der Waals surface area contributed by atoms with Gasteiger partial charge in [0.05, 0.1) is 6.61 Å². The smallest absolute Gasteiger partial charge is 0.226 e. The van der Waals surface area contributed by atoms with E-state index >= 15 is 0 Å². The van der Waals surface area contributed by atoms with Crippen molar-refractivity contribution in [2.45, 2.75) is 32.2 Å². The minimum Gasteiger partial charge on any atom is -0.384 e. The number of allylic oxidation sites excluding steroid dienone is 2. The van der Waals surface area contributed by atoms with Crippen molar-refractivity contribution < 1.29 is 9.53 Å². The Balaban J connectivity index is 1.39. The van der Waals surface area contributed by atoms with Crippen LogP contribution in [0, 0.1) is 17.3 Å². The summed E-state index contributed by atoms with van der Waals surface area (Å²) < 4.78 is 5.58. The molecule has 3 aliphatic rings. The van der Waals surface area contributed by atoms with Crippen LogP contribution in [0.4, 0.5) is 0 Å². The van der Waals surface area contributed by atoms with Gasteiger partial charge in [0.25, 0.3) is 0 Å². The largest absolute Gasteiger partial charge is 0.384 e. The average molecular weight is 375 g/mol. The highest BCUT2D eigenvalue weighted by molar-refractivity contribution is 7.07. The molecule has 1 spiro atoms. The molecule has 0 saturated carbocycles. The Morgan fingerprint density at radius 1 is 1.31 bits per heavy atom. The number of ether oxygens (including phenoxy) is 1. The van der Waals surface area contributed by atoms with Crippen LogP contribution in [0.15, 0.2) is 29.0 Å². The summed E-state index contributed by atoms with van der Waals surface area (Å²) in [5.41, 5.74) is 1.74. The molecule has 0 aromatic carbocycles. The van der Waals surface area contributed by atoms with Crippen LogP contribution in [0.5, 0.6) is 0 Å². The van der Waals surface area contributed by atoms with Crippen molar-refractivity contribution in [1.82, 2.24) is 9.80 Å². The first-order chi connectivity index (χ1) is 12.7. The summed E-state index contributed by atoms with van der Waals surface area (Å²) in [6.45, 7) is 5.97. The van der Waals surface area contributed by atoms with E-state index < -0.39 is 0 Å². The Kier molecular flexibility index (Phi) is 5.48. The Labute approximate surface area is 160 Å². The molecule has 4 nitrogen and oxygen atoms in total. The maximum Gasteiger partial charge on any atom is 0.226 e. The third kappa shape index (κ3) is 3.62. The number of piperidine rings is 1. The van der Waals surface area contributed by atoms with Gasteiger partial charge in [-0.25, -0.2) is 0 Å². The molecule has 2 saturated heterocycles. The number of nitrogens with zero attached hydrogens (tertiary/aromatic N) is 2. The molecule has 26 heavy (non-hydrogen) atoms. The van der Waals surface area contributed by atoms with E-state index in [-0.39, 0.29) is 5.92 Å². The lowest BCUT2D eigenvalue weighted by Crippen LogP contribution is -2.48. The van der Waals surface area contributed by atoms with E-state index in [1.165, 1.54) is 5.56 Å². The second-order valence-electron chi connectivity index (χ2n) is 8.28. The van der Waals surface area contributed by atoms with E-state index in [9.17, 15) is 4.79 Å². The number of rotatable bonds is 5. The molecule has 1 aliphatic carbocycles. The number of thiophene rings is 1. The molecule has 1 aromatic rings. The maximum absolute atomic E-state index is 12.7. The molecule has 142 valence electrons. The molecule has 5 heteroatoms. The summed E-state index contributed by atoms with van der Waals surface area (Å²) in [7, 11) is 1.82. The predicted octanol–water partition coefficient (Wildman–Crippen LogP) is 3.40. The SMILES string of the molecule is COCC1CN(Cc2ccsc2)CC12CCN(C(=O)C1CC=CC1)CC2. The first-order valence-corrected chi connectivity index (χ1v) is 10.8. The Hall–Kier alpha value is -1.17. The number of methoxy groups -OCH3 is 1. The molecule has 0 radical (unpaired) electrons. The van der Waals surface area contributed by atoms with E-state index in [1.807, 2.05) is 7.11 Å². The van der Waals surface area contributed by atoms with Gasteiger partial charge in [0, 0.05) is 51.7 Å². The molecule has 3 heterocycles. The standard InChI is InChI=1S/C21H30N2O2S/c1-25-14-19-13-22(12-17-6-11-26-15-17)16-21(19)7-9-23(10-8-21)20(24)18-4-2-3-5-18/h2-3,6,11,15,18-19H,4-5,7-10,12-14,16H2,1H3. The van der Waals surface area contributed by atoms with E-state index in [4.69, 9.17) is 4.74 Å². The van der Waals surface area contributed by atoms with Crippen LogP contribution in [0.25, 0.3) is 0 Å². The van der Waals surface area contributed by atoms with Gasteiger partial charge in [-0.2, -0.15) is 11.3 Å². The molecular weight excluding hydrogens is 344 g/mol.